The lowest BCUT2D eigenvalue weighted by molar-refractivity contribution is 0.0452. The molecule has 0 spiro atoms. The van der Waals surface area contributed by atoms with E-state index in [-0.39, 0.29) is 0 Å². The van der Waals surface area contributed by atoms with Gasteiger partial charge in [-0.25, -0.2) is 0 Å². The van der Waals surface area contributed by atoms with Crippen LogP contribution in [0, 0.1) is 0 Å². The van der Waals surface area contributed by atoms with Crippen LogP contribution in [0.3, 0.4) is 0 Å². The average Bonchev–Trinajstić information content (AvgIpc) is 2.10. The summed E-state index contributed by atoms with van der Waals surface area (Å²) in [6.07, 6.45) is 0. The summed E-state index contributed by atoms with van der Waals surface area (Å²) in [6, 6.07) is 8.03. The molecule has 0 unspecified atom stereocenters. The van der Waals surface area contributed by atoms with E-state index in [0.717, 1.165) is 18.8 Å². The van der Waals surface area contributed by atoms with E-state index < -0.39 is 5.60 Å². The van der Waals surface area contributed by atoms with Crippen LogP contribution in [-0.2, 0) is 10.3 Å². The summed E-state index contributed by atoms with van der Waals surface area (Å²) in [5.74, 6) is 0. The lowest BCUT2D eigenvalue weighted by Gasteiger charge is -2.28. The van der Waals surface area contributed by atoms with Crippen molar-refractivity contribution in [3.8, 4) is 0 Å². The summed E-state index contributed by atoms with van der Waals surface area (Å²) in [5, 5.41) is 10.6. The third-order valence-corrected chi connectivity index (χ3v) is 3.66. The Kier molecular flexibility index (Phi) is 3.05. The Morgan fingerprint density at radius 3 is 2.53 bits per heavy atom. The second-order valence-corrected chi connectivity index (χ2v) is 5.67. The molecule has 0 amide bonds. The summed E-state index contributed by atoms with van der Waals surface area (Å²) >= 11 is 1.80. The highest BCUT2D eigenvalue weighted by atomic mass is 32.2. The fraction of sp³-hybridized carbons (Fsp3) is 0.500. The first-order chi connectivity index (χ1) is 7.07. The van der Waals surface area contributed by atoms with Crippen molar-refractivity contribution in [1.29, 1.82) is 0 Å². The predicted molar refractivity (Wildman–Crippen MR) is 62.2 cm³/mol. The van der Waals surface area contributed by atoms with Gasteiger partial charge in [-0.3, -0.25) is 0 Å². The molecule has 0 atom stereocenters. The highest BCUT2D eigenvalue weighted by Crippen LogP contribution is 2.35. The van der Waals surface area contributed by atoms with Gasteiger partial charge < -0.3 is 9.84 Å². The highest BCUT2D eigenvalue weighted by Gasteiger charge is 2.24. The van der Waals surface area contributed by atoms with E-state index in [0.29, 0.717) is 5.25 Å². The van der Waals surface area contributed by atoms with Gasteiger partial charge in [0.1, 0.15) is 0 Å². The van der Waals surface area contributed by atoms with Gasteiger partial charge in [-0.1, -0.05) is 18.2 Å². The molecule has 0 aliphatic carbocycles. The van der Waals surface area contributed by atoms with Crippen molar-refractivity contribution < 1.29 is 9.84 Å². The van der Waals surface area contributed by atoms with Gasteiger partial charge in [0.05, 0.1) is 24.1 Å². The maximum Gasteiger partial charge on any atom is 0.0851 e. The van der Waals surface area contributed by atoms with Gasteiger partial charge in [-0.05, 0) is 25.5 Å². The fourth-order valence-corrected chi connectivity index (χ4v) is 2.83. The van der Waals surface area contributed by atoms with E-state index >= 15 is 0 Å². The van der Waals surface area contributed by atoms with Crippen LogP contribution in [0.4, 0.5) is 0 Å². The van der Waals surface area contributed by atoms with Crippen LogP contribution in [0.5, 0.6) is 0 Å². The molecule has 1 heterocycles. The van der Waals surface area contributed by atoms with Crippen LogP contribution in [-0.4, -0.2) is 23.6 Å². The van der Waals surface area contributed by atoms with Crippen LogP contribution in [0.1, 0.15) is 19.4 Å². The molecule has 1 aliphatic heterocycles. The standard InChI is InChI=1S/C12H16O2S/c1-12(2,13)10-5-3-4-6-11(10)15-9-7-14-8-9/h3-6,9,13H,7-8H2,1-2H3. The summed E-state index contributed by atoms with van der Waals surface area (Å²) in [6.45, 7) is 5.29. The topological polar surface area (TPSA) is 29.5 Å². The van der Waals surface area contributed by atoms with E-state index in [2.05, 4.69) is 6.07 Å². The first-order valence-corrected chi connectivity index (χ1v) is 6.01. The molecule has 3 heteroatoms. The zero-order chi connectivity index (χ0) is 10.9. The smallest absolute Gasteiger partial charge is 0.0851 e. The molecule has 2 nitrogen and oxygen atoms in total. The lowest BCUT2D eigenvalue weighted by Crippen LogP contribution is -2.30. The Morgan fingerprint density at radius 2 is 2.00 bits per heavy atom. The molecule has 0 bridgehead atoms. The van der Waals surface area contributed by atoms with Crippen LogP contribution >= 0.6 is 11.8 Å². The van der Waals surface area contributed by atoms with Crippen molar-refractivity contribution >= 4 is 11.8 Å². The third kappa shape index (κ3) is 2.54. The van der Waals surface area contributed by atoms with Crippen LogP contribution in [0.15, 0.2) is 29.2 Å². The zero-order valence-corrected chi connectivity index (χ0v) is 9.88. The van der Waals surface area contributed by atoms with Crippen molar-refractivity contribution in [1.82, 2.24) is 0 Å². The minimum absolute atomic E-state index is 0.550. The number of hydrogen-bond acceptors (Lipinski definition) is 3. The number of aliphatic hydroxyl groups is 1. The zero-order valence-electron chi connectivity index (χ0n) is 9.06. The van der Waals surface area contributed by atoms with Gasteiger partial charge in [0.2, 0.25) is 0 Å². The van der Waals surface area contributed by atoms with Crippen molar-refractivity contribution in [3.63, 3.8) is 0 Å². The Labute approximate surface area is 94.6 Å². The molecule has 1 saturated heterocycles. The minimum Gasteiger partial charge on any atom is -0.386 e. The highest BCUT2D eigenvalue weighted by molar-refractivity contribution is 8.00. The quantitative estimate of drug-likeness (QED) is 0.855. The molecule has 1 aliphatic rings. The molecule has 0 saturated carbocycles. The lowest BCUT2D eigenvalue weighted by atomic mass is 9.99. The van der Waals surface area contributed by atoms with Gasteiger partial charge in [0.25, 0.3) is 0 Å². The normalized spacial score (nSPS) is 17.5. The van der Waals surface area contributed by atoms with Crippen molar-refractivity contribution in [2.45, 2.75) is 29.6 Å². The Balaban J connectivity index is 2.21. The SMILES string of the molecule is CC(C)(O)c1ccccc1SC1COC1. The van der Waals surface area contributed by atoms with Gasteiger partial charge in [0, 0.05) is 4.90 Å². The first kappa shape index (κ1) is 11.0. The summed E-state index contributed by atoms with van der Waals surface area (Å²) in [7, 11) is 0. The first-order valence-electron chi connectivity index (χ1n) is 5.13. The molecule has 82 valence electrons. The van der Waals surface area contributed by atoms with Crippen LogP contribution in [0.2, 0.25) is 0 Å². The van der Waals surface area contributed by atoms with Gasteiger partial charge in [0.15, 0.2) is 0 Å². The second kappa shape index (κ2) is 4.16. The largest absolute Gasteiger partial charge is 0.386 e. The second-order valence-electron chi connectivity index (χ2n) is 4.33. The van der Waals surface area contributed by atoms with Crippen LogP contribution in [0.25, 0.3) is 0 Å². The summed E-state index contributed by atoms with van der Waals surface area (Å²) in [5.41, 5.74) is 0.232. The molecule has 1 fully saturated rings. The van der Waals surface area contributed by atoms with Crippen molar-refractivity contribution in [2.75, 3.05) is 13.2 Å². The monoisotopic (exact) mass is 224 g/mol. The van der Waals surface area contributed by atoms with E-state index in [1.165, 1.54) is 4.90 Å². The molecular weight excluding hydrogens is 208 g/mol. The van der Waals surface area contributed by atoms with E-state index in [4.69, 9.17) is 4.74 Å². The molecule has 2 rings (SSSR count). The van der Waals surface area contributed by atoms with Crippen molar-refractivity contribution in [3.05, 3.63) is 29.8 Å². The number of benzene rings is 1. The number of hydrogen-bond donors (Lipinski definition) is 1. The Bertz CT molecular complexity index is 340. The molecular formula is C12H16O2S. The van der Waals surface area contributed by atoms with Gasteiger partial charge >= 0.3 is 0 Å². The minimum atomic E-state index is -0.770. The van der Waals surface area contributed by atoms with Gasteiger partial charge in [-0.2, -0.15) is 0 Å². The summed E-state index contributed by atoms with van der Waals surface area (Å²) < 4.78 is 5.15. The molecule has 1 aromatic rings. The van der Waals surface area contributed by atoms with Crippen LogP contribution < -0.4 is 0 Å². The molecule has 0 radical (unpaired) electrons. The maximum atomic E-state index is 10.0. The van der Waals surface area contributed by atoms with E-state index in [1.807, 2.05) is 32.0 Å². The van der Waals surface area contributed by atoms with E-state index in [1.54, 1.807) is 11.8 Å². The van der Waals surface area contributed by atoms with Gasteiger partial charge in [-0.15, -0.1) is 11.8 Å². The maximum absolute atomic E-state index is 10.0. The average molecular weight is 224 g/mol. The predicted octanol–water partition coefficient (Wildman–Crippen LogP) is 2.40. The fourth-order valence-electron chi connectivity index (χ4n) is 1.54. The Morgan fingerprint density at radius 1 is 1.33 bits per heavy atom. The third-order valence-electron chi connectivity index (χ3n) is 2.45. The molecule has 0 aromatic heterocycles. The van der Waals surface area contributed by atoms with E-state index in [9.17, 15) is 5.11 Å². The Hall–Kier alpha value is -0.510. The number of thioether (sulfide) groups is 1. The number of ether oxygens (including phenoxy) is 1. The van der Waals surface area contributed by atoms with Crippen molar-refractivity contribution in [2.24, 2.45) is 0 Å². The molecule has 15 heavy (non-hydrogen) atoms. The molecule has 1 N–H and O–H groups in total. The number of rotatable bonds is 3. The molecule has 1 aromatic carbocycles. The summed E-state index contributed by atoms with van der Waals surface area (Å²) in [4.78, 5) is 1.17.